The molecule has 0 aromatic heterocycles. The first-order chi connectivity index (χ1) is 13.5. The minimum Gasteiger partial charge on any atom is -0.289 e. The SMILES string of the molecule is Cc1ccc(C(=O)c2ccccc2C(=O)NNC(=O)c2ccc(Cl)cc2)cc1. The summed E-state index contributed by atoms with van der Waals surface area (Å²) in [6, 6.07) is 19.8. The fraction of sp³-hybridized carbons (Fsp3) is 0.0455. The van der Waals surface area contributed by atoms with Gasteiger partial charge < -0.3 is 0 Å². The molecule has 0 saturated carbocycles. The van der Waals surface area contributed by atoms with Gasteiger partial charge in [-0.15, -0.1) is 0 Å². The van der Waals surface area contributed by atoms with Crippen LogP contribution in [0.25, 0.3) is 0 Å². The molecule has 0 aliphatic heterocycles. The smallest absolute Gasteiger partial charge is 0.270 e. The van der Waals surface area contributed by atoms with Crippen molar-refractivity contribution in [3.05, 3.63) is 106 Å². The van der Waals surface area contributed by atoms with Crippen LogP contribution >= 0.6 is 11.6 Å². The van der Waals surface area contributed by atoms with Gasteiger partial charge in [-0.3, -0.25) is 25.2 Å². The summed E-state index contributed by atoms with van der Waals surface area (Å²) >= 11 is 5.80. The van der Waals surface area contributed by atoms with Crippen molar-refractivity contribution in [2.75, 3.05) is 0 Å². The molecule has 0 atom stereocenters. The molecular formula is C22H17ClN2O3. The predicted octanol–water partition coefficient (Wildman–Crippen LogP) is 3.95. The minimum atomic E-state index is -0.585. The van der Waals surface area contributed by atoms with E-state index in [4.69, 9.17) is 11.6 Å². The maximum Gasteiger partial charge on any atom is 0.270 e. The van der Waals surface area contributed by atoms with Crippen LogP contribution < -0.4 is 10.9 Å². The predicted molar refractivity (Wildman–Crippen MR) is 107 cm³/mol. The summed E-state index contributed by atoms with van der Waals surface area (Å²) < 4.78 is 0. The number of aryl methyl sites for hydroxylation is 1. The van der Waals surface area contributed by atoms with Gasteiger partial charge in [0.1, 0.15) is 0 Å². The van der Waals surface area contributed by atoms with Gasteiger partial charge in [-0.2, -0.15) is 0 Å². The lowest BCUT2D eigenvalue weighted by molar-refractivity contribution is 0.0845. The van der Waals surface area contributed by atoms with Crippen molar-refractivity contribution in [1.82, 2.24) is 10.9 Å². The van der Waals surface area contributed by atoms with Crippen LogP contribution in [0.1, 0.15) is 42.2 Å². The number of carbonyl (C=O) groups is 3. The third-order valence-electron chi connectivity index (χ3n) is 4.13. The maximum atomic E-state index is 12.8. The summed E-state index contributed by atoms with van der Waals surface area (Å²) in [5, 5.41) is 0.504. The highest BCUT2D eigenvalue weighted by molar-refractivity contribution is 6.30. The summed E-state index contributed by atoms with van der Waals surface area (Å²) in [5.74, 6) is -1.35. The molecule has 6 heteroatoms. The van der Waals surface area contributed by atoms with Gasteiger partial charge in [0.2, 0.25) is 0 Å². The normalized spacial score (nSPS) is 10.2. The van der Waals surface area contributed by atoms with Crippen molar-refractivity contribution in [2.45, 2.75) is 6.92 Å². The zero-order chi connectivity index (χ0) is 20.1. The molecule has 2 amide bonds. The van der Waals surface area contributed by atoms with Crippen molar-refractivity contribution in [3.8, 4) is 0 Å². The standard InChI is InChI=1S/C22H17ClN2O3/c1-14-6-8-15(9-7-14)20(26)18-4-2-3-5-19(18)22(28)25-24-21(27)16-10-12-17(23)13-11-16/h2-13H,1H3,(H,24,27)(H,25,28). The second-order valence-corrected chi connectivity index (χ2v) is 6.59. The number of rotatable bonds is 4. The molecule has 0 spiro atoms. The number of amides is 2. The summed E-state index contributed by atoms with van der Waals surface area (Å²) in [6.07, 6.45) is 0. The van der Waals surface area contributed by atoms with Crippen LogP contribution in [0.4, 0.5) is 0 Å². The fourth-order valence-corrected chi connectivity index (χ4v) is 2.72. The highest BCUT2D eigenvalue weighted by Gasteiger charge is 2.18. The average molecular weight is 393 g/mol. The van der Waals surface area contributed by atoms with Gasteiger partial charge in [0.25, 0.3) is 11.8 Å². The second-order valence-electron chi connectivity index (χ2n) is 6.16. The van der Waals surface area contributed by atoms with Crippen LogP contribution in [-0.4, -0.2) is 17.6 Å². The zero-order valence-electron chi connectivity index (χ0n) is 15.0. The fourth-order valence-electron chi connectivity index (χ4n) is 2.59. The molecule has 3 aromatic rings. The monoisotopic (exact) mass is 392 g/mol. The van der Waals surface area contributed by atoms with E-state index in [2.05, 4.69) is 10.9 Å². The van der Waals surface area contributed by atoms with E-state index in [0.29, 0.717) is 16.1 Å². The lowest BCUT2D eigenvalue weighted by atomic mass is 9.97. The van der Waals surface area contributed by atoms with Crippen molar-refractivity contribution < 1.29 is 14.4 Å². The Morgan fingerprint density at radius 1 is 0.679 bits per heavy atom. The van der Waals surface area contributed by atoms with E-state index in [-0.39, 0.29) is 16.9 Å². The quantitative estimate of drug-likeness (QED) is 0.521. The number of carbonyl (C=O) groups excluding carboxylic acids is 3. The van der Waals surface area contributed by atoms with E-state index in [9.17, 15) is 14.4 Å². The molecule has 0 aliphatic rings. The topological polar surface area (TPSA) is 75.3 Å². The van der Waals surface area contributed by atoms with E-state index in [1.165, 1.54) is 6.07 Å². The number of hydrogen-bond acceptors (Lipinski definition) is 3. The lowest BCUT2D eigenvalue weighted by Crippen LogP contribution is -2.42. The summed E-state index contributed by atoms with van der Waals surface area (Å²) in [5.41, 5.74) is 6.96. The van der Waals surface area contributed by atoms with Gasteiger partial charge in [0.05, 0.1) is 5.56 Å². The number of nitrogens with one attached hydrogen (secondary N) is 2. The zero-order valence-corrected chi connectivity index (χ0v) is 15.8. The number of ketones is 1. The minimum absolute atomic E-state index is 0.171. The maximum absolute atomic E-state index is 12.8. The van der Waals surface area contributed by atoms with E-state index in [0.717, 1.165) is 5.56 Å². The van der Waals surface area contributed by atoms with Crippen LogP contribution in [0.2, 0.25) is 5.02 Å². The highest BCUT2D eigenvalue weighted by atomic mass is 35.5. The van der Waals surface area contributed by atoms with E-state index in [1.807, 2.05) is 19.1 Å². The number of hydrazine groups is 1. The Morgan fingerprint density at radius 2 is 1.21 bits per heavy atom. The van der Waals surface area contributed by atoms with Crippen molar-refractivity contribution in [2.24, 2.45) is 0 Å². The molecule has 0 unspecified atom stereocenters. The van der Waals surface area contributed by atoms with Gasteiger partial charge in [0, 0.05) is 21.7 Å². The first-order valence-corrected chi connectivity index (χ1v) is 8.90. The van der Waals surface area contributed by atoms with Crippen LogP contribution in [0.3, 0.4) is 0 Å². The largest absolute Gasteiger partial charge is 0.289 e. The first kappa shape index (κ1) is 19.3. The molecule has 140 valence electrons. The molecule has 0 radical (unpaired) electrons. The highest BCUT2D eigenvalue weighted by Crippen LogP contribution is 2.15. The molecule has 0 saturated heterocycles. The summed E-state index contributed by atoms with van der Waals surface area (Å²) in [7, 11) is 0. The van der Waals surface area contributed by atoms with E-state index < -0.39 is 11.8 Å². The number of hydrogen-bond donors (Lipinski definition) is 2. The van der Waals surface area contributed by atoms with Crippen molar-refractivity contribution in [1.29, 1.82) is 0 Å². The third kappa shape index (κ3) is 4.45. The molecule has 3 aromatic carbocycles. The first-order valence-electron chi connectivity index (χ1n) is 8.52. The van der Waals surface area contributed by atoms with Crippen LogP contribution in [0, 0.1) is 6.92 Å². The third-order valence-corrected chi connectivity index (χ3v) is 4.38. The Morgan fingerprint density at radius 3 is 1.86 bits per heavy atom. The van der Waals surface area contributed by atoms with E-state index >= 15 is 0 Å². The van der Waals surface area contributed by atoms with E-state index in [1.54, 1.807) is 54.6 Å². The molecule has 0 bridgehead atoms. The summed E-state index contributed by atoms with van der Waals surface area (Å²) in [4.78, 5) is 37.5. The van der Waals surface area contributed by atoms with Crippen molar-refractivity contribution >= 4 is 29.2 Å². The second kappa shape index (κ2) is 8.50. The number of halogens is 1. The molecule has 3 rings (SSSR count). The van der Waals surface area contributed by atoms with Crippen LogP contribution in [0.15, 0.2) is 72.8 Å². The van der Waals surface area contributed by atoms with Crippen molar-refractivity contribution in [3.63, 3.8) is 0 Å². The molecule has 0 heterocycles. The molecule has 2 N–H and O–H groups in total. The van der Waals surface area contributed by atoms with Gasteiger partial charge in [-0.1, -0.05) is 59.6 Å². The van der Waals surface area contributed by atoms with Gasteiger partial charge in [-0.05, 0) is 37.3 Å². The van der Waals surface area contributed by atoms with Gasteiger partial charge in [-0.25, -0.2) is 0 Å². The molecular weight excluding hydrogens is 376 g/mol. The van der Waals surface area contributed by atoms with Crippen LogP contribution in [-0.2, 0) is 0 Å². The Bertz CT molecular complexity index is 1030. The number of benzene rings is 3. The Kier molecular flexibility index (Phi) is 5.87. The Hall–Kier alpha value is -3.44. The molecule has 28 heavy (non-hydrogen) atoms. The lowest BCUT2D eigenvalue weighted by Gasteiger charge is -2.11. The molecule has 0 aliphatic carbocycles. The summed E-state index contributed by atoms with van der Waals surface area (Å²) in [6.45, 7) is 1.93. The van der Waals surface area contributed by atoms with Crippen LogP contribution in [0.5, 0.6) is 0 Å². The Labute approximate surface area is 167 Å². The molecule has 0 fully saturated rings. The Balaban J connectivity index is 1.75. The van der Waals surface area contributed by atoms with Gasteiger partial charge >= 0.3 is 0 Å². The molecule has 5 nitrogen and oxygen atoms in total. The average Bonchev–Trinajstić information content (AvgIpc) is 2.72. The van der Waals surface area contributed by atoms with Gasteiger partial charge in [0.15, 0.2) is 5.78 Å².